The molecule has 1 aliphatic rings. The molecule has 0 heteroatoms. The number of rotatable bonds is 5. The maximum Gasteiger partial charge on any atom is -0.00437 e. The Morgan fingerprint density at radius 1 is 1.17 bits per heavy atom. The molecule has 2 atom stereocenters. The predicted molar refractivity (Wildman–Crippen MR) is 101 cm³/mol. The summed E-state index contributed by atoms with van der Waals surface area (Å²) < 4.78 is 0. The van der Waals surface area contributed by atoms with Crippen LogP contribution in [-0.2, 0) is 11.8 Å². The zero-order valence-corrected chi connectivity index (χ0v) is 14.5. The lowest BCUT2D eigenvalue weighted by molar-refractivity contribution is 0.694. The van der Waals surface area contributed by atoms with Crippen molar-refractivity contribution in [3.63, 3.8) is 0 Å². The van der Waals surface area contributed by atoms with Gasteiger partial charge in [0.1, 0.15) is 0 Å². The first-order valence-electron chi connectivity index (χ1n) is 8.52. The lowest BCUT2D eigenvalue weighted by Crippen LogP contribution is -2.06. The normalized spacial score (nSPS) is 23.2. The van der Waals surface area contributed by atoms with Crippen LogP contribution in [0.25, 0.3) is 5.57 Å². The second kappa shape index (κ2) is 6.20. The van der Waals surface area contributed by atoms with Gasteiger partial charge in [-0.1, -0.05) is 81.1 Å². The molecule has 2 aromatic carbocycles. The second-order valence-corrected chi connectivity index (χ2v) is 7.13. The van der Waals surface area contributed by atoms with Crippen molar-refractivity contribution in [1.29, 1.82) is 0 Å². The molecule has 1 saturated carbocycles. The molecule has 0 radical (unpaired) electrons. The monoisotopic (exact) mass is 302 g/mol. The zero-order valence-electron chi connectivity index (χ0n) is 14.5. The third kappa shape index (κ3) is 3.17. The summed E-state index contributed by atoms with van der Waals surface area (Å²) in [5.41, 5.74) is 6.97. The van der Waals surface area contributed by atoms with E-state index in [0.717, 1.165) is 17.9 Å². The van der Waals surface area contributed by atoms with Crippen LogP contribution in [0.3, 0.4) is 0 Å². The molecule has 0 spiro atoms. The van der Waals surface area contributed by atoms with E-state index in [1.807, 2.05) is 0 Å². The van der Waals surface area contributed by atoms with Gasteiger partial charge in [-0.05, 0) is 58.9 Å². The summed E-state index contributed by atoms with van der Waals surface area (Å²) in [5.74, 6) is 0.801. The summed E-state index contributed by atoms with van der Waals surface area (Å²) in [6, 6.07) is 17.3. The fraction of sp³-hybridized carbons (Fsp3) is 0.304. The van der Waals surface area contributed by atoms with E-state index in [2.05, 4.69) is 88.0 Å². The molecular formula is C23H26. The van der Waals surface area contributed by atoms with Crippen molar-refractivity contribution in [2.45, 2.75) is 39.0 Å². The van der Waals surface area contributed by atoms with E-state index in [1.165, 1.54) is 28.7 Å². The van der Waals surface area contributed by atoms with Gasteiger partial charge < -0.3 is 0 Å². The molecule has 23 heavy (non-hydrogen) atoms. The molecule has 0 bridgehead atoms. The molecule has 1 fully saturated rings. The SMILES string of the molecule is C=C(/C=C\Cc1ccccc1C1(C)CC1C)c1ccccc1C. The quantitative estimate of drug-likeness (QED) is 0.585. The highest BCUT2D eigenvalue weighted by atomic mass is 14.5. The van der Waals surface area contributed by atoms with Gasteiger partial charge in [0, 0.05) is 0 Å². The van der Waals surface area contributed by atoms with E-state index in [-0.39, 0.29) is 0 Å². The van der Waals surface area contributed by atoms with Crippen LogP contribution in [0.4, 0.5) is 0 Å². The molecule has 0 aromatic heterocycles. The highest BCUT2D eigenvalue weighted by molar-refractivity contribution is 5.74. The molecule has 0 N–H and O–H groups in total. The van der Waals surface area contributed by atoms with Gasteiger partial charge in [0.15, 0.2) is 0 Å². The van der Waals surface area contributed by atoms with Gasteiger partial charge in [0.2, 0.25) is 0 Å². The highest BCUT2D eigenvalue weighted by Crippen LogP contribution is 2.54. The van der Waals surface area contributed by atoms with Crippen molar-refractivity contribution < 1.29 is 0 Å². The van der Waals surface area contributed by atoms with Gasteiger partial charge >= 0.3 is 0 Å². The van der Waals surface area contributed by atoms with Gasteiger partial charge in [0.25, 0.3) is 0 Å². The Balaban J connectivity index is 1.74. The Labute approximate surface area is 140 Å². The Kier molecular flexibility index (Phi) is 4.26. The average molecular weight is 302 g/mol. The van der Waals surface area contributed by atoms with Crippen molar-refractivity contribution in [2.75, 3.05) is 0 Å². The van der Waals surface area contributed by atoms with Crippen LogP contribution in [0.1, 0.15) is 42.5 Å². The number of aryl methyl sites for hydroxylation is 1. The Morgan fingerprint density at radius 2 is 1.83 bits per heavy atom. The Hall–Kier alpha value is -2.08. The molecule has 2 unspecified atom stereocenters. The molecule has 0 heterocycles. The van der Waals surface area contributed by atoms with E-state index in [1.54, 1.807) is 0 Å². The zero-order chi connectivity index (χ0) is 16.4. The van der Waals surface area contributed by atoms with Crippen molar-refractivity contribution in [3.05, 3.63) is 89.5 Å². The molecule has 0 saturated heterocycles. The molecule has 2 aromatic rings. The largest absolute Gasteiger partial charge is 0.0912 e. The highest BCUT2D eigenvalue weighted by Gasteiger charge is 2.48. The number of hydrogen-bond acceptors (Lipinski definition) is 0. The lowest BCUT2D eigenvalue weighted by Gasteiger charge is -2.15. The van der Waals surface area contributed by atoms with Crippen molar-refractivity contribution in [2.24, 2.45) is 5.92 Å². The van der Waals surface area contributed by atoms with Crippen LogP contribution in [0.15, 0.2) is 67.3 Å². The van der Waals surface area contributed by atoms with Crippen LogP contribution in [0, 0.1) is 12.8 Å². The van der Waals surface area contributed by atoms with Crippen molar-refractivity contribution in [1.82, 2.24) is 0 Å². The van der Waals surface area contributed by atoms with Crippen LogP contribution in [0.2, 0.25) is 0 Å². The maximum absolute atomic E-state index is 4.23. The molecule has 0 nitrogen and oxygen atoms in total. The first-order valence-corrected chi connectivity index (χ1v) is 8.52. The van der Waals surface area contributed by atoms with Crippen molar-refractivity contribution in [3.8, 4) is 0 Å². The third-order valence-electron chi connectivity index (χ3n) is 5.44. The number of hydrogen-bond donors (Lipinski definition) is 0. The summed E-state index contributed by atoms with van der Waals surface area (Å²) in [7, 11) is 0. The minimum absolute atomic E-state index is 0.386. The minimum atomic E-state index is 0.386. The van der Waals surface area contributed by atoms with E-state index in [0.29, 0.717) is 5.41 Å². The molecule has 0 aliphatic heterocycles. The standard InChI is InChI=1S/C23H26/c1-17-10-5-7-14-21(17)18(2)11-9-13-20-12-6-8-15-22(20)23(4)16-19(23)3/h5-12,14-15,19H,2,13,16H2,1,3-4H3/b11-9-. The smallest absolute Gasteiger partial charge is 0.00437 e. The van der Waals surface area contributed by atoms with E-state index >= 15 is 0 Å². The fourth-order valence-corrected chi connectivity index (χ4v) is 3.56. The molecular weight excluding hydrogens is 276 g/mol. The van der Waals surface area contributed by atoms with Gasteiger partial charge in [-0.15, -0.1) is 0 Å². The molecule has 0 amide bonds. The Morgan fingerprint density at radius 3 is 2.52 bits per heavy atom. The van der Waals surface area contributed by atoms with Crippen LogP contribution >= 0.6 is 0 Å². The molecule has 3 rings (SSSR count). The summed E-state index contributed by atoms with van der Waals surface area (Å²) >= 11 is 0. The first-order chi connectivity index (χ1) is 11.0. The average Bonchev–Trinajstić information content (AvgIpc) is 3.16. The summed E-state index contributed by atoms with van der Waals surface area (Å²) in [6.07, 6.45) is 6.70. The predicted octanol–water partition coefficient (Wildman–Crippen LogP) is 6.10. The molecule has 1 aliphatic carbocycles. The van der Waals surface area contributed by atoms with E-state index < -0.39 is 0 Å². The number of benzene rings is 2. The van der Waals surface area contributed by atoms with Gasteiger partial charge in [-0.25, -0.2) is 0 Å². The van der Waals surface area contributed by atoms with Crippen LogP contribution in [0.5, 0.6) is 0 Å². The van der Waals surface area contributed by atoms with E-state index in [9.17, 15) is 0 Å². The summed E-state index contributed by atoms with van der Waals surface area (Å²) in [4.78, 5) is 0. The van der Waals surface area contributed by atoms with Gasteiger partial charge in [0.05, 0.1) is 0 Å². The van der Waals surface area contributed by atoms with Crippen molar-refractivity contribution >= 4 is 5.57 Å². The maximum atomic E-state index is 4.23. The lowest BCUT2D eigenvalue weighted by atomic mass is 9.89. The summed E-state index contributed by atoms with van der Waals surface area (Å²) in [6.45, 7) is 11.1. The third-order valence-corrected chi connectivity index (χ3v) is 5.44. The van der Waals surface area contributed by atoms with Crippen LogP contribution in [-0.4, -0.2) is 0 Å². The fourth-order valence-electron chi connectivity index (χ4n) is 3.56. The molecule has 118 valence electrons. The van der Waals surface area contributed by atoms with E-state index in [4.69, 9.17) is 0 Å². The van der Waals surface area contributed by atoms with Gasteiger partial charge in [-0.2, -0.15) is 0 Å². The first kappa shape index (κ1) is 15.8. The summed E-state index contributed by atoms with van der Waals surface area (Å²) in [5, 5.41) is 0. The number of allylic oxidation sites excluding steroid dienone is 3. The second-order valence-electron chi connectivity index (χ2n) is 7.13. The van der Waals surface area contributed by atoms with Crippen LogP contribution < -0.4 is 0 Å². The van der Waals surface area contributed by atoms with Gasteiger partial charge in [-0.3, -0.25) is 0 Å². The minimum Gasteiger partial charge on any atom is -0.0912 e. The topological polar surface area (TPSA) is 0 Å². The Bertz CT molecular complexity index is 750.